The quantitative estimate of drug-likeness (QED) is 0.496. The van der Waals surface area contributed by atoms with E-state index in [9.17, 15) is 4.79 Å². The number of oxime groups is 1. The van der Waals surface area contributed by atoms with E-state index in [0.29, 0.717) is 12.3 Å². The lowest BCUT2D eigenvalue weighted by atomic mass is 9.53. The summed E-state index contributed by atoms with van der Waals surface area (Å²) in [5.74, 6) is 0.231. The molecule has 5 nitrogen and oxygen atoms in total. The summed E-state index contributed by atoms with van der Waals surface area (Å²) >= 11 is 0. The fraction of sp³-hybridized carbons (Fsp3) is 0.562. The third-order valence-corrected chi connectivity index (χ3v) is 4.65. The summed E-state index contributed by atoms with van der Waals surface area (Å²) in [7, 11) is 0. The molecule has 1 fully saturated rings. The molecule has 1 aliphatic carbocycles. The maximum Gasteiger partial charge on any atom is 0.223 e. The predicted molar refractivity (Wildman–Crippen MR) is 81.2 cm³/mol. The van der Waals surface area contributed by atoms with Crippen LogP contribution < -0.4 is 5.32 Å². The molecule has 0 bridgehead atoms. The number of aromatic nitrogens is 1. The summed E-state index contributed by atoms with van der Waals surface area (Å²) in [4.78, 5) is 16.5. The highest BCUT2D eigenvalue weighted by atomic mass is 16.4. The summed E-state index contributed by atoms with van der Waals surface area (Å²) in [5.41, 5.74) is 1.52. The normalized spacial score (nSPS) is 24.2. The number of pyridine rings is 1. The molecule has 0 aromatic carbocycles. The SMILES string of the molecule is CC(=NO)C1CC(C(=O)NCCc2ccccn2)C1(C)C. The van der Waals surface area contributed by atoms with Gasteiger partial charge in [0.1, 0.15) is 0 Å². The molecule has 21 heavy (non-hydrogen) atoms. The first-order valence-corrected chi connectivity index (χ1v) is 7.33. The van der Waals surface area contributed by atoms with Crippen LogP contribution in [0.4, 0.5) is 0 Å². The van der Waals surface area contributed by atoms with Gasteiger partial charge in [-0.25, -0.2) is 0 Å². The van der Waals surface area contributed by atoms with E-state index in [0.717, 1.165) is 18.5 Å². The van der Waals surface area contributed by atoms with Crippen molar-refractivity contribution in [2.24, 2.45) is 22.4 Å². The van der Waals surface area contributed by atoms with Crippen LogP contribution in [0.3, 0.4) is 0 Å². The number of nitrogens with one attached hydrogen (secondary N) is 1. The van der Waals surface area contributed by atoms with Gasteiger partial charge in [-0.15, -0.1) is 0 Å². The number of hydrogen-bond acceptors (Lipinski definition) is 4. The molecule has 5 heteroatoms. The maximum atomic E-state index is 12.3. The fourth-order valence-electron chi connectivity index (χ4n) is 3.13. The highest BCUT2D eigenvalue weighted by Crippen LogP contribution is 2.51. The first-order chi connectivity index (χ1) is 9.96. The van der Waals surface area contributed by atoms with E-state index in [-0.39, 0.29) is 23.2 Å². The summed E-state index contributed by atoms with van der Waals surface area (Å²) in [6.45, 7) is 6.51. The molecule has 1 amide bonds. The minimum Gasteiger partial charge on any atom is -0.411 e. The van der Waals surface area contributed by atoms with Crippen LogP contribution in [0.15, 0.2) is 29.6 Å². The van der Waals surface area contributed by atoms with Gasteiger partial charge in [0.05, 0.1) is 5.71 Å². The van der Waals surface area contributed by atoms with Crippen LogP contribution in [0, 0.1) is 17.3 Å². The van der Waals surface area contributed by atoms with E-state index in [1.165, 1.54) is 0 Å². The van der Waals surface area contributed by atoms with Crippen LogP contribution in [0.25, 0.3) is 0 Å². The van der Waals surface area contributed by atoms with Gasteiger partial charge >= 0.3 is 0 Å². The smallest absolute Gasteiger partial charge is 0.223 e. The van der Waals surface area contributed by atoms with E-state index < -0.39 is 0 Å². The molecule has 1 aromatic rings. The van der Waals surface area contributed by atoms with Crippen molar-refractivity contribution in [3.8, 4) is 0 Å². The maximum absolute atomic E-state index is 12.3. The number of rotatable bonds is 5. The lowest BCUT2D eigenvalue weighted by Gasteiger charge is -2.50. The Morgan fingerprint density at radius 3 is 2.81 bits per heavy atom. The molecule has 0 radical (unpaired) electrons. The van der Waals surface area contributed by atoms with Gasteiger partial charge in [0.15, 0.2) is 0 Å². The van der Waals surface area contributed by atoms with Gasteiger partial charge in [0.2, 0.25) is 5.91 Å². The van der Waals surface area contributed by atoms with Gasteiger partial charge < -0.3 is 10.5 Å². The van der Waals surface area contributed by atoms with Gasteiger partial charge in [-0.2, -0.15) is 0 Å². The zero-order valence-corrected chi connectivity index (χ0v) is 12.8. The van der Waals surface area contributed by atoms with Crippen molar-refractivity contribution in [1.29, 1.82) is 0 Å². The van der Waals surface area contributed by atoms with E-state index in [1.807, 2.05) is 25.1 Å². The van der Waals surface area contributed by atoms with Crippen molar-refractivity contribution in [3.63, 3.8) is 0 Å². The molecule has 2 N–H and O–H groups in total. The Kier molecular flexibility index (Phi) is 4.60. The molecule has 0 spiro atoms. The summed E-state index contributed by atoms with van der Waals surface area (Å²) in [6.07, 6.45) is 3.24. The van der Waals surface area contributed by atoms with Gasteiger partial charge in [-0.05, 0) is 30.9 Å². The third kappa shape index (κ3) is 3.23. The van der Waals surface area contributed by atoms with E-state index in [2.05, 4.69) is 29.3 Å². The lowest BCUT2D eigenvalue weighted by Crippen LogP contribution is -2.54. The summed E-state index contributed by atoms with van der Waals surface area (Å²) in [5, 5.41) is 15.1. The van der Waals surface area contributed by atoms with E-state index >= 15 is 0 Å². The van der Waals surface area contributed by atoms with Crippen LogP contribution >= 0.6 is 0 Å². The van der Waals surface area contributed by atoms with Gasteiger partial charge in [-0.1, -0.05) is 25.1 Å². The van der Waals surface area contributed by atoms with Crippen molar-refractivity contribution < 1.29 is 10.0 Å². The zero-order valence-electron chi connectivity index (χ0n) is 12.8. The number of amides is 1. The topological polar surface area (TPSA) is 74.6 Å². The van der Waals surface area contributed by atoms with Crippen molar-refractivity contribution in [2.45, 2.75) is 33.6 Å². The average molecular weight is 289 g/mol. The number of carbonyl (C=O) groups is 1. The lowest BCUT2D eigenvalue weighted by molar-refractivity contribution is -0.137. The standard InChI is InChI=1S/C16H23N3O2/c1-11(19-21)13-10-14(16(13,2)3)15(20)18-9-7-12-6-4-5-8-17-12/h4-6,8,13-14,21H,7,9-10H2,1-3H3,(H,18,20). The molecular weight excluding hydrogens is 266 g/mol. The molecule has 114 valence electrons. The molecule has 0 saturated heterocycles. The van der Waals surface area contributed by atoms with Crippen LogP contribution in [-0.4, -0.2) is 28.4 Å². The Hall–Kier alpha value is -1.91. The molecule has 1 saturated carbocycles. The second-order valence-corrected chi connectivity index (χ2v) is 6.27. The monoisotopic (exact) mass is 289 g/mol. The molecular formula is C16H23N3O2. The Bertz CT molecular complexity index is 526. The molecule has 2 atom stereocenters. The van der Waals surface area contributed by atoms with Gasteiger partial charge in [0, 0.05) is 36.7 Å². The molecule has 2 unspecified atom stereocenters. The molecule has 1 aromatic heterocycles. The molecule has 1 aliphatic rings. The largest absolute Gasteiger partial charge is 0.411 e. The fourth-order valence-corrected chi connectivity index (χ4v) is 3.13. The zero-order chi connectivity index (χ0) is 15.5. The Balaban J connectivity index is 1.83. The van der Waals surface area contributed by atoms with Crippen LogP contribution in [-0.2, 0) is 11.2 Å². The van der Waals surface area contributed by atoms with E-state index in [4.69, 9.17) is 5.21 Å². The second kappa shape index (κ2) is 6.24. The Morgan fingerprint density at radius 2 is 2.24 bits per heavy atom. The average Bonchev–Trinajstić information content (AvgIpc) is 2.47. The number of nitrogens with zero attached hydrogens (tertiary/aromatic N) is 2. The van der Waals surface area contributed by atoms with Gasteiger partial charge in [0.25, 0.3) is 0 Å². The molecule has 0 aliphatic heterocycles. The summed E-state index contributed by atoms with van der Waals surface area (Å²) in [6, 6.07) is 5.78. The molecule has 1 heterocycles. The first kappa shape index (κ1) is 15.5. The highest BCUT2D eigenvalue weighted by molar-refractivity contribution is 5.90. The minimum atomic E-state index is -0.161. The Morgan fingerprint density at radius 1 is 1.48 bits per heavy atom. The number of carbonyl (C=O) groups excluding carboxylic acids is 1. The predicted octanol–water partition coefficient (Wildman–Crippen LogP) is 2.25. The van der Waals surface area contributed by atoms with Crippen molar-refractivity contribution in [3.05, 3.63) is 30.1 Å². The van der Waals surface area contributed by atoms with E-state index in [1.54, 1.807) is 6.20 Å². The second-order valence-electron chi connectivity index (χ2n) is 6.27. The number of hydrogen-bond donors (Lipinski definition) is 2. The Labute approximate surface area is 125 Å². The van der Waals surface area contributed by atoms with Crippen molar-refractivity contribution >= 4 is 11.6 Å². The van der Waals surface area contributed by atoms with Crippen LogP contribution in [0.1, 0.15) is 32.9 Å². The van der Waals surface area contributed by atoms with Crippen LogP contribution in [0.2, 0.25) is 0 Å². The minimum absolute atomic E-state index is 0.0251. The van der Waals surface area contributed by atoms with Crippen LogP contribution in [0.5, 0.6) is 0 Å². The highest BCUT2D eigenvalue weighted by Gasteiger charge is 2.52. The summed E-state index contributed by atoms with van der Waals surface area (Å²) < 4.78 is 0. The third-order valence-electron chi connectivity index (χ3n) is 4.65. The van der Waals surface area contributed by atoms with Crippen molar-refractivity contribution in [1.82, 2.24) is 10.3 Å². The van der Waals surface area contributed by atoms with Crippen molar-refractivity contribution in [2.75, 3.05) is 6.54 Å². The molecule has 2 rings (SSSR count). The first-order valence-electron chi connectivity index (χ1n) is 7.33. The van der Waals surface area contributed by atoms with Gasteiger partial charge in [-0.3, -0.25) is 9.78 Å².